The SMILES string of the molecule is CC(C)(C)OC(=O)NC(CF)Cc1ccc([N+](=O)[O-])cc1. The third kappa shape index (κ3) is 6.20. The average Bonchev–Trinajstić information content (AvgIpc) is 2.36. The van der Waals surface area contributed by atoms with Crippen LogP contribution in [-0.2, 0) is 11.2 Å². The van der Waals surface area contributed by atoms with Crippen molar-refractivity contribution in [3.05, 3.63) is 39.9 Å². The van der Waals surface area contributed by atoms with Gasteiger partial charge in [0.05, 0.1) is 11.0 Å². The Morgan fingerprint density at radius 1 is 1.38 bits per heavy atom. The molecule has 0 aliphatic rings. The molecule has 6 nitrogen and oxygen atoms in total. The maximum atomic E-state index is 13.0. The van der Waals surface area contributed by atoms with Crippen molar-refractivity contribution in [1.82, 2.24) is 5.32 Å². The predicted molar refractivity (Wildman–Crippen MR) is 75.9 cm³/mol. The van der Waals surface area contributed by atoms with E-state index >= 15 is 0 Å². The third-order valence-corrected chi connectivity index (χ3v) is 2.54. The summed E-state index contributed by atoms with van der Waals surface area (Å²) < 4.78 is 18.0. The zero-order valence-electron chi connectivity index (χ0n) is 12.3. The molecule has 116 valence electrons. The van der Waals surface area contributed by atoms with E-state index in [0.29, 0.717) is 5.56 Å². The van der Waals surface area contributed by atoms with Crippen molar-refractivity contribution in [1.29, 1.82) is 0 Å². The maximum absolute atomic E-state index is 13.0. The van der Waals surface area contributed by atoms with Crippen LogP contribution >= 0.6 is 0 Å². The number of rotatable bonds is 5. The number of alkyl carbamates (subject to hydrolysis) is 1. The summed E-state index contributed by atoms with van der Waals surface area (Å²) in [4.78, 5) is 21.6. The molecule has 0 aliphatic carbocycles. The van der Waals surface area contributed by atoms with E-state index in [2.05, 4.69) is 5.32 Å². The second-order valence-electron chi connectivity index (χ2n) is 5.63. The van der Waals surface area contributed by atoms with Crippen molar-refractivity contribution in [2.75, 3.05) is 6.67 Å². The molecule has 1 N–H and O–H groups in total. The standard InChI is InChI=1S/C14H19FN2O4/c1-14(2,3)21-13(18)16-11(9-15)8-10-4-6-12(7-5-10)17(19)20/h4-7,11H,8-9H2,1-3H3,(H,16,18). The van der Waals surface area contributed by atoms with E-state index < -0.39 is 29.3 Å². The minimum absolute atomic E-state index is 0.0318. The Labute approximate surface area is 122 Å². The van der Waals surface area contributed by atoms with E-state index in [9.17, 15) is 19.3 Å². The van der Waals surface area contributed by atoms with Gasteiger partial charge in [-0.2, -0.15) is 0 Å². The number of non-ortho nitro benzene ring substituents is 1. The molecule has 21 heavy (non-hydrogen) atoms. The van der Waals surface area contributed by atoms with Crippen LogP contribution in [0, 0.1) is 10.1 Å². The zero-order valence-corrected chi connectivity index (χ0v) is 12.3. The van der Waals surface area contributed by atoms with Gasteiger partial charge in [-0.1, -0.05) is 12.1 Å². The van der Waals surface area contributed by atoms with E-state index in [1.54, 1.807) is 20.8 Å². The fraction of sp³-hybridized carbons (Fsp3) is 0.500. The zero-order chi connectivity index (χ0) is 16.0. The van der Waals surface area contributed by atoms with Crippen molar-refractivity contribution < 1.29 is 18.8 Å². The highest BCUT2D eigenvalue weighted by Crippen LogP contribution is 2.14. The first-order chi connectivity index (χ1) is 9.71. The van der Waals surface area contributed by atoms with E-state index in [1.807, 2.05) is 0 Å². The lowest BCUT2D eigenvalue weighted by molar-refractivity contribution is -0.384. The Kier molecular flexibility index (Phi) is 5.63. The van der Waals surface area contributed by atoms with Gasteiger partial charge < -0.3 is 10.1 Å². The van der Waals surface area contributed by atoms with Crippen LogP contribution in [0.3, 0.4) is 0 Å². The summed E-state index contributed by atoms with van der Waals surface area (Å²) in [5.41, 5.74) is 0.00754. The van der Waals surface area contributed by atoms with E-state index in [0.717, 1.165) is 0 Å². The lowest BCUT2D eigenvalue weighted by Gasteiger charge is -2.22. The van der Waals surface area contributed by atoms with Gasteiger partial charge in [0.15, 0.2) is 0 Å². The second kappa shape index (κ2) is 7.01. The van der Waals surface area contributed by atoms with E-state index in [4.69, 9.17) is 4.74 Å². The van der Waals surface area contributed by atoms with Crippen LogP contribution in [0.1, 0.15) is 26.3 Å². The van der Waals surface area contributed by atoms with Crippen molar-refractivity contribution >= 4 is 11.8 Å². The van der Waals surface area contributed by atoms with Gasteiger partial charge in [-0.3, -0.25) is 10.1 Å². The average molecular weight is 298 g/mol. The molecule has 7 heteroatoms. The number of nitro groups is 1. The van der Waals surface area contributed by atoms with Gasteiger partial charge in [0.1, 0.15) is 12.3 Å². The summed E-state index contributed by atoms with van der Waals surface area (Å²) in [6, 6.07) is 5.03. The molecule has 1 unspecified atom stereocenters. The number of hydrogen-bond donors (Lipinski definition) is 1. The Hall–Kier alpha value is -2.18. The summed E-state index contributed by atoms with van der Waals surface area (Å²) >= 11 is 0. The molecule has 0 spiro atoms. The Morgan fingerprint density at radius 2 is 1.95 bits per heavy atom. The van der Waals surface area contributed by atoms with Crippen LogP contribution in [-0.4, -0.2) is 29.3 Å². The van der Waals surface area contributed by atoms with Crippen LogP contribution in [0.2, 0.25) is 0 Å². The molecule has 1 aromatic carbocycles. The summed E-state index contributed by atoms with van der Waals surface area (Å²) in [5.74, 6) is 0. The van der Waals surface area contributed by atoms with Crippen LogP contribution in [0.25, 0.3) is 0 Å². The second-order valence-corrected chi connectivity index (χ2v) is 5.63. The minimum atomic E-state index is -0.754. The summed E-state index contributed by atoms with van der Waals surface area (Å²) in [6.07, 6.45) is -0.458. The number of nitro benzene ring substituents is 1. The molecular formula is C14H19FN2O4. The van der Waals surface area contributed by atoms with Gasteiger partial charge >= 0.3 is 6.09 Å². The highest BCUT2D eigenvalue weighted by Gasteiger charge is 2.20. The molecule has 0 bridgehead atoms. The molecule has 1 rings (SSSR count). The number of nitrogens with zero attached hydrogens (tertiary/aromatic N) is 1. The lowest BCUT2D eigenvalue weighted by Crippen LogP contribution is -2.41. The number of halogens is 1. The largest absolute Gasteiger partial charge is 0.444 e. The molecule has 0 aromatic heterocycles. The van der Waals surface area contributed by atoms with Crippen molar-refractivity contribution in [2.24, 2.45) is 0 Å². The van der Waals surface area contributed by atoms with Crippen LogP contribution < -0.4 is 5.32 Å². The number of nitrogens with one attached hydrogen (secondary N) is 1. The third-order valence-electron chi connectivity index (χ3n) is 2.54. The van der Waals surface area contributed by atoms with Gasteiger partial charge in [-0.15, -0.1) is 0 Å². The number of alkyl halides is 1. The molecule has 0 radical (unpaired) electrons. The van der Waals surface area contributed by atoms with Gasteiger partial charge in [0, 0.05) is 12.1 Å². The summed E-state index contributed by atoms with van der Waals surface area (Å²) in [5, 5.41) is 13.0. The molecule has 1 atom stereocenters. The van der Waals surface area contributed by atoms with Gasteiger partial charge in [0.2, 0.25) is 0 Å². The quantitative estimate of drug-likeness (QED) is 0.669. The molecule has 1 amide bonds. The number of amides is 1. The highest BCUT2D eigenvalue weighted by molar-refractivity contribution is 5.68. The van der Waals surface area contributed by atoms with Gasteiger partial charge in [-0.05, 0) is 32.8 Å². The first kappa shape index (κ1) is 16.9. The topological polar surface area (TPSA) is 81.5 Å². The highest BCUT2D eigenvalue weighted by atomic mass is 19.1. The Morgan fingerprint density at radius 3 is 2.38 bits per heavy atom. The molecule has 0 saturated heterocycles. The lowest BCUT2D eigenvalue weighted by atomic mass is 10.1. The first-order valence-corrected chi connectivity index (χ1v) is 6.50. The van der Waals surface area contributed by atoms with Crippen LogP contribution in [0.5, 0.6) is 0 Å². The Balaban J connectivity index is 2.61. The number of benzene rings is 1. The smallest absolute Gasteiger partial charge is 0.407 e. The van der Waals surface area contributed by atoms with E-state index in [-0.39, 0.29) is 12.1 Å². The maximum Gasteiger partial charge on any atom is 0.407 e. The minimum Gasteiger partial charge on any atom is -0.444 e. The molecule has 1 aromatic rings. The first-order valence-electron chi connectivity index (χ1n) is 6.50. The van der Waals surface area contributed by atoms with E-state index in [1.165, 1.54) is 24.3 Å². The Bertz CT molecular complexity index is 497. The molecule has 0 saturated carbocycles. The molecular weight excluding hydrogens is 279 g/mol. The monoisotopic (exact) mass is 298 g/mol. The van der Waals surface area contributed by atoms with Crippen molar-refractivity contribution in [2.45, 2.75) is 38.8 Å². The number of ether oxygens (including phenoxy) is 1. The van der Waals surface area contributed by atoms with Crippen LogP contribution in [0.4, 0.5) is 14.9 Å². The predicted octanol–water partition coefficient (Wildman–Crippen LogP) is 3.00. The fourth-order valence-corrected chi connectivity index (χ4v) is 1.66. The normalized spacial score (nSPS) is 12.6. The summed E-state index contributed by atoms with van der Waals surface area (Å²) in [6.45, 7) is 4.39. The van der Waals surface area contributed by atoms with Gasteiger partial charge in [0.25, 0.3) is 5.69 Å². The molecule has 0 aliphatic heterocycles. The van der Waals surface area contributed by atoms with Crippen molar-refractivity contribution in [3.8, 4) is 0 Å². The summed E-state index contributed by atoms with van der Waals surface area (Å²) in [7, 11) is 0. The fourth-order valence-electron chi connectivity index (χ4n) is 1.66. The van der Waals surface area contributed by atoms with Crippen LogP contribution in [0.15, 0.2) is 24.3 Å². The molecule has 0 heterocycles. The number of hydrogen-bond acceptors (Lipinski definition) is 4. The number of carbonyl (C=O) groups excluding carboxylic acids is 1. The van der Waals surface area contributed by atoms with Gasteiger partial charge in [-0.25, -0.2) is 9.18 Å². The number of carbonyl (C=O) groups is 1. The van der Waals surface area contributed by atoms with Crippen molar-refractivity contribution in [3.63, 3.8) is 0 Å². The molecule has 0 fully saturated rings.